The van der Waals surface area contributed by atoms with E-state index in [2.05, 4.69) is 15.9 Å². The summed E-state index contributed by atoms with van der Waals surface area (Å²) in [4.78, 5) is 0. The van der Waals surface area contributed by atoms with E-state index < -0.39 is 0 Å². The fourth-order valence-corrected chi connectivity index (χ4v) is 3.44. The fraction of sp³-hybridized carbons (Fsp3) is 0.571. The Hall–Kier alpha value is -0.740. The molecule has 1 unspecified atom stereocenters. The molecule has 0 saturated heterocycles. The van der Waals surface area contributed by atoms with E-state index in [0.717, 1.165) is 21.5 Å². The van der Waals surface area contributed by atoms with Crippen LogP contribution in [0.1, 0.15) is 37.3 Å². The van der Waals surface area contributed by atoms with E-state index in [1.165, 1.54) is 25.7 Å². The van der Waals surface area contributed by atoms with Crippen LogP contribution in [-0.2, 0) is 0 Å². The van der Waals surface area contributed by atoms with E-state index in [9.17, 15) is 0 Å². The van der Waals surface area contributed by atoms with Crippen molar-refractivity contribution in [2.75, 3.05) is 14.2 Å². The number of halogens is 1. The van der Waals surface area contributed by atoms with Gasteiger partial charge in [-0.3, -0.25) is 0 Å². The van der Waals surface area contributed by atoms with Crippen LogP contribution in [0.15, 0.2) is 16.6 Å². The van der Waals surface area contributed by atoms with Gasteiger partial charge in [0, 0.05) is 11.6 Å². The highest BCUT2D eigenvalue weighted by molar-refractivity contribution is 9.10. The molecule has 2 rings (SSSR count). The van der Waals surface area contributed by atoms with Gasteiger partial charge >= 0.3 is 0 Å². The third-order valence-electron chi connectivity index (χ3n) is 3.78. The zero-order valence-corrected chi connectivity index (χ0v) is 12.5. The van der Waals surface area contributed by atoms with Crippen LogP contribution in [0.2, 0.25) is 0 Å². The normalized spacial score (nSPS) is 17.8. The second-order valence-electron chi connectivity index (χ2n) is 4.77. The summed E-state index contributed by atoms with van der Waals surface area (Å²) in [5.41, 5.74) is 7.46. The molecule has 0 heterocycles. The Morgan fingerprint density at radius 2 is 1.89 bits per heavy atom. The van der Waals surface area contributed by atoms with Gasteiger partial charge in [-0.1, -0.05) is 12.8 Å². The molecule has 0 radical (unpaired) electrons. The van der Waals surface area contributed by atoms with Gasteiger partial charge in [-0.05, 0) is 46.8 Å². The molecule has 0 aromatic heterocycles. The average molecular weight is 314 g/mol. The van der Waals surface area contributed by atoms with Crippen molar-refractivity contribution < 1.29 is 9.47 Å². The van der Waals surface area contributed by atoms with Crippen molar-refractivity contribution in [3.63, 3.8) is 0 Å². The van der Waals surface area contributed by atoms with Gasteiger partial charge in [0.2, 0.25) is 0 Å². The summed E-state index contributed by atoms with van der Waals surface area (Å²) in [5, 5.41) is 0. The largest absolute Gasteiger partial charge is 0.495 e. The molecule has 1 aromatic rings. The number of hydrogen-bond acceptors (Lipinski definition) is 3. The lowest BCUT2D eigenvalue weighted by atomic mass is 9.92. The quantitative estimate of drug-likeness (QED) is 0.922. The first kappa shape index (κ1) is 13.7. The number of rotatable bonds is 4. The maximum Gasteiger partial charge on any atom is 0.141 e. The minimum Gasteiger partial charge on any atom is -0.495 e. The molecule has 1 aliphatic rings. The third-order valence-corrected chi connectivity index (χ3v) is 4.53. The molecule has 1 atom stereocenters. The Morgan fingerprint density at radius 1 is 1.22 bits per heavy atom. The predicted molar refractivity (Wildman–Crippen MR) is 76.1 cm³/mol. The molecule has 1 aliphatic carbocycles. The molecule has 1 fully saturated rings. The Kier molecular flexibility index (Phi) is 4.51. The second kappa shape index (κ2) is 5.93. The monoisotopic (exact) mass is 313 g/mol. The van der Waals surface area contributed by atoms with E-state index in [1.807, 2.05) is 12.1 Å². The van der Waals surface area contributed by atoms with Gasteiger partial charge in [0.15, 0.2) is 0 Å². The number of ether oxygens (including phenoxy) is 2. The maximum absolute atomic E-state index is 6.40. The Morgan fingerprint density at radius 3 is 2.44 bits per heavy atom. The number of nitrogens with two attached hydrogens (primary N) is 1. The van der Waals surface area contributed by atoms with Gasteiger partial charge in [-0.2, -0.15) is 0 Å². The average Bonchev–Trinajstić information content (AvgIpc) is 2.91. The van der Waals surface area contributed by atoms with E-state index in [-0.39, 0.29) is 6.04 Å². The summed E-state index contributed by atoms with van der Waals surface area (Å²) in [7, 11) is 3.32. The number of benzene rings is 1. The van der Waals surface area contributed by atoms with Crippen molar-refractivity contribution in [3.05, 3.63) is 22.2 Å². The van der Waals surface area contributed by atoms with Crippen molar-refractivity contribution >= 4 is 15.9 Å². The van der Waals surface area contributed by atoms with E-state index in [1.54, 1.807) is 14.2 Å². The van der Waals surface area contributed by atoms with Crippen LogP contribution >= 0.6 is 15.9 Å². The number of hydrogen-bond donors (Lipinski definition) is 1. The number of methoxy groups -OCH3 is 2. The van der Waals surface area contributed by atoms with Crippen molar-refractivity contribution in [2.24, 2.45) is 11.7 Å². The van der Waals surface area contributed by atoms with Crippen LogP contribution in [-0.4, -0.2) is 14.2 Å². The van der Waals surface area contributed by atoms with Crippen LogP contribution < -0.4 is 15.2 Å². The molecule has 0 amide bonds. The molecular formula is C14H20BrNO2. The molecule has 1 aromatic carbocycles. The molecule has 0 bridgehead atoms. The SMILES string of the molecule is COc1ccc(C(N)C2CCCC2)c(OC)c1Br. The fourth-order valence-electron chi connectivity index (χ4n) is 2.75. The Balaban J connectivity index is 2.34. The summed E-state index contributed by atoms with van der Waals surface area (Å²) in [6.07, 6.45) is 5.01. The summed E-state index contributed by atoms with van der Waals surface area (Å²) >= 11 is 3.52. The summed E-state index contributed by atoms with van der Waals surface area (Å²) in [5.74, 6) is 2.14. The first-order chi connectivity index (χ1) is 8.69. The molecule has 3 nitrogen and oxygen atoms in total. The van der Waals surface area contributed by atoms with Crippen molar-refractivity contribution in [2.45, 2.75) is 31.7 Å². The third kappa shape index (κ3) is 2.50. The van der Waals surface area contributed by atoms with Crippen LogP contribution in [0.5, 0.6) is 11.5 Å². The molecule has 100 valence electrons. The van der Waals surface area contributed by atoms with Crippen LogP contribution in [0.25, 0.3) is 0 Å². The zero-order chi connectivity index (χ0) is 13.1. The topological polar surface area (TPSA) is 44.5 Å². The van der Waals surface area contributed by atoms with E-state index in [0.29, 0.717) is 5.92 Å². The Labute approximate surface area is 117 Å². The summed E-state index contributed by atoms with van der Waals surface area (Å²) in [6, 6.07) is 4.01. The standard InChI is InChI=1S/C14H20BrNO2/c1-17-11-8-7-10(14(18-2)12(11)15)13(16)9-5-3-4-6-9/h7-9,13H,3-6,16H2,1-2H3. The first-order valence-corrected chi connectivity index (χ1v) is 7.14. The molecule has 2 N–H and O–H groups in total. The summed E-state index contributed by atoms with van der Waals surface area (Å²) in [6.45, 7) is 0. The molecular weight excluding hydrogens is 294 g/mol. The van der Waals surface area contributed by atoms with Crippen LogP contribution in [0.4, 0.5) is 0 Å². The van der Waals surface area contributed by atoms with Crippen molar-refractivity contribution in [1.82, 2.24) is 0 Å². The Bertz CT molecular complexity index is 417. The van der Waals surface area contributed by atoms with Gasteiger partial charge in [-0.25, -0.2) is 0 Å². The molecule has 0 spiro atoms. The zero-order valence-electron chi connectivity index (χ0n) is 10.9. The maximum atomic E-state index is 6.40. The van der Waals surface area contributed by atoms with E-state index >= 15 is 0 Å². The predicted octanol–water partition coefficient (Wildman–Crippen LogP) is 3.66. The second-order valence-corrected chi connectivity index (χ2v) is 5.57. The van der Waals surface area contributed by atoms with Crippen LogP contribution in [0, 0.1) is 5.92 Å². The lowest BCUT2D eigenvalue weighted by Gasteiger charge is -2.22. The highest BCUT2D eigenvalue weighted by Gasteiger charge is 2.27. The molecule has 4 heteroatoms. The van der Waals surface area contributed by atoms with Gasteiger partial charge in [0.1, 0.15) is 16.0 Å². The highest BCUT2D eigenvalue weighted by Crippen LogP contribution is 2.43. The van der Waals surface area contributed by atoms with Crippen molar-refractivity contribution in [1.29, 1.82) is 0 Å². The lowest BCUT2D eigenvalue weighted by Crippen LogP contribution is -2.20. The van der Waals surface area contributed by atoms with Crippen LogP contribution in [0.3, 0.4) is 0 Å². The molecule has 18 heavy (non-hydrogen) atoms. The minimum absolute atomic E-state index is 0.0460. The van der Waals surface area contributed by atoms with Gasteiger partial charge < -0.3 is 15.2 Å². The smallest absolute Gasteiger partial charge is 0.141 e. The van der Waals surface area contributed by atoms with Crippen molar-refractivity contribution in [3.8, 4) is 11.5 Å². The first-order valence-electron chi connectivity index (χ1n) is 6.35. The van der Waals surface area contributed by atoms with E-state index in [4.69, 9.17) is 15.2 Å². The molecule has 1 saturated carbocycles. The van der Waals surface area contributed by atoms with Gasteiger partial charge in [0.25, 0.3) is 0 Å². The van der Waals surface area contributed by atoms with Gasteiger partial charge in [0.05, 0.1) is 14.2 Å². The molecule has 0 aliphatic heterocycles. The summed E-state index contributed by atoms with van der Waals surface area (Å²) < 4.78 is 11.6. The minimum atomic E-state index is 0.0460. The highest BCUT2D eigenvalue weighted by atomic mass is 79.9. The lowest BCUT2D eigenvalue weighted by molar-refractivity contribution is 0.371. The van der Waals surface area contributed by atoms with Gasteiger partial charge in [-0.15, -0.1) is 0 Å².